The van der Waals surface area contributed by atoms with Gasteiger partial charge in [-0.15, -0.1) is 11.3 Å². The molecule has 5 heteroatoms. The molecule has 3 heterocycles. The number of hydrogen-bond acceptors (Lipinski definition) is 4. The number of pyridine rings is 1. The van der Waals surface area contributed by atoms with Crippen LogP contribution < -0.4 is 4.90 Å². The van der Waals surface area contributed by atoms with E-state index in [9.17, 15) is 4.79 Å². The second-order valence-corrected chi connectivity index (χ2v) is 6.47. The number of amides is 1. The first-order chi connectivity index (χ1) is 11.2. The number of fused-ring (bicyclic) bond motifs is 1. The number of aromatic nitrogens is 2. The summed E-state index contributed by atoms with van der Waals surface area (Å²) in [6.07, 6.45) is 2.62. The molecule has 1 aliphatic heterocycles. The Bertz CT molecular complexity index is 859. The standard InChI is InChI=1S/C18H15N3OS/c1-12-10-13-6-2-3-8-16(13)21(12)18(22)15-11-23-17(20-15)14-7-4-5-9-19-14/h2-9,11-12H,10H2,1H3. The fourth-order valence-corrected chi connectivity index (χ4v) is 3.75. The predicted octanol–water partition coefficient (Wildman–Crippen LogP) is 3.80. The van der Waals surface area contributed by atoms with E-state index in [4.69, 9.17) is 0 Å². The van der Waals surface area contributed by atoms with Crippen molar-refractivity contribution in [1.82, 2.24) is 9.97 Å². The van der Waals surface area contributed by atoms with Gasteiger partial charge in [-0.05, 0) is 37.1 Å². The number of rotatable bonds is 2. The number of carbonyl (C=O) groups excluding carboxylic acids is 1. The van der Waals surface area contributed by atoms with Crippen LogP contribution in [0.25, 0.3) is 10.7 Å². The lowest BCUT2D eigenvalue weighted by atomic mass is 10.1. The molecule has 4 nitrogen and oxygen atoms in total. The summed E-state index contributed by atoms with van der Waals surface area (Å²) in [6, 6.07) is 13.9. The lowest BCUT2D eigenvalue weighted by Crippen LogP contribution is -2.35. The molecular weight excluding hydrogens is 306 g/mol. The monoisotopic (exact) mass is 321 g/mol. The minimum atomic E-state index is -0.0409. The van der Waals surface area contributed by atoms with Gasteiger partial charge in [0.2, 0.25) is 0 Å². The number of thiazole rings is 1. The summed E-state index contributed by atoms with van der Waals surface area (Å²) < 4.78 is 0. The molecule has 0 radical (unpaired) electrons. The SMILES string of the molecule is CC1Cc2ccccc2N1C(=O)c1csc(-c2ccccn2)n1. The van der Waals surface area contributed by atoms with Gasteiger partial charge in [0.15, 0.2) is 0 Å². The van der Waals surface area contributed by atoms with Gasteiger partial charge in [0, 0.05) is 23.3 Å². The van der Waals surface area contributed by atoms with Crippen LogP contribution in [-0.4, -0.2) is 21.9 Å². The van der Waals surface area contributed by atoms with Gasteiger partial charge in [-0.2, -0.15) is 0 Å². The fraction of sp³-hybridized carbons (Fsp3) is 0.167. The number of carbonyl (C=O) groups is 1. The van der Waals surface area contributed by atoms with Gasteiger partial charge >= 0.3 is 0 Å². The van der Waals surface area contributed by atoms with Crippen LogP contribution in [0.3, 0.4) is 0 Å². The van der Waals surface area contributed by atoms with Gasteiger partial charge in [-0.1, -0.05) is 24.3 Å². The van der Waals surface area contributed by atoms with E-state index in [0.29, 0.717) is 5.69 Å². The Kier molecular flexibility index (Phi) is 3.42. The van der Waals surface area contributed by atoms with E-state index in [-0.39, 0.29) is 11.9 Å². The summed E-state index contributed by atoms with van der Waals surface area (Å²) in [5.41, 5.74) is 3.50. The normalized spacial score (nSPS) is 16.4. The van der Waals surface area contributed by atoms with E-state index in [1.807, 2.05) is 46.7 Å². The molecular formula is C18H15N3OS. The Morgan fingerprint density at radius 2 is 2.04 bits per heavy atom. The summed E-state index contributed by atoms with van der Waals surface area (Å²) in [6.45, 7) is 2.07. The molecule has 4 rings (SSSR count). The molecule has 2 aromatic heterocycles. The first kappa shape index (κ1) is 14.1. The number of anilines is 1. The molecule has 0 bridgehead atoms. The average molecular weight is 321 g/mol. The average Bonchev–Trinajstić information content (AvgIpc) is 3.19. The van der Waals surface area contributed by atoms with E-state index < -0.39 is 0 Å². The Morgan fingerprint density at radius 3 is 2.87 bits per heavy atom. The molecule has 1 amide bonds. The zero-order valence-electron chi connectivity index (χ0n) is 12.6. The predicted molar refractivity (Wildman–Crippen MR) is 91.8 cm³/mol. The molecule has 1 aliphatic rings. The maximum absolute atomic E-state index is 12.9. The molecule has 0 N–H and O–H groups in total. The van der Waals surface area contributed by atoms with Crippen molar-refractivity contribution in [3.8, 4) is 10.7 Å². The summed E-state index contributed by atoms with van der Waals surface area (Å²) in [4.78, 5) is 23.6. The van der Waals surface area contributed by atoms with Crippen LogP contribution in [0.1, 0.15) is 23.0 Å². The minimum absolute atomic E-state index is 0.0409. The van der Waals surface area contributed by atoms with Crippen LogP contribution in [0.4, 0.5) is 5.69 Å². The molecule has 1 unspecified atom stereocenters. The molecule has 3 aromatic rings. The van der Waals surface area contributed by atoms with Crippen molar-refractivity contribution in [2.75, 3.05) is 4.90 Å². The number of nitrogens with zero attached hydrogens (tertiary/aromatic N) is 3. The maximum atomic E-state index is 12.9. The molecule has 1 atom stereocenters. The van der Waals surface area contributed by atoms with Crippen LogP contribution in [0, 0.1) is 0 Å². The first-order valence-corrected chi connectivity index (χ1v) is 8.40. The smallest absolute Gasteiger partial charge is 0.278 e. The summed E-state index contributed by atoms with van der Waals surface area (Å²) in [5.74, 6) is -0.0409. The van der Waals surface area contributed by atoms with Crippen molar-refractivity contribution in [3.63, 3.8) is 0 Å². The van der Waals surface area contributed by atoms with E-state index in [2.05, 4.69) is 23.0 Å². The fourth-order valence-electron chi connectivity index (χ4n) is 2.98. The zero-order chi connectivity index (χ0) is 15.8. The summed E-state index contributed by atoms with van der Waals surface area (Å²) in [7, 11) is 0. The highest BCUT2D eigenvalue weighted by Gasteiger charge is 2.32. The van der Waals surface area contributed by atoms with Crippen LogP contribution in [0.5, 0.6) is 0 Å². The van der Waals surface area contributed by atoms with E-state index >= 15 is 0 Å². The van der Waals surface area contributed by atoms with E-state index in [1.54, 1.807) is 6.20 Å². The van der Waals surface area contributed by atoms with Crippen molar-refractivity contribution >= 4 is 22.9 Å². The van der Waals surface area contributed by atoms with Gasteiger partial charge in [0.05, 0.1) is 5.69 Å². The highest BCUT2D eigenvalue weighted by Crippen LogP contribution is 2.33. The van der Waals surface area contributed by atoms with Crippen LogP contribution in [0.15, 0.2) is 54.0 Å². The van der Waals surface area contributed by atoms with Crippen LogP contribution >= 0.6 is 11.3 Å². The molecule has 23 heavy (non-hydrogen) atoms. The third kappa shape index (κ3) is 2.43. The van der Waals surface area contributed by atoms with Crippen molar-refractivity contribution in [1.29, 1.82) is 0 Å². The van der Waals surface area contributed by atoms with E-state index in [0.717, 1.165) is 22.8 Å². The second kappa shape index (κ2) is 5.59. The van der Waals surface area contributed by atoms with Crippen molar-refractivity contribution in [3.05, 3.63) is 65.3 Å². The van der Waals surface area contributed by atoms with Gasteiger partial charge in [-0.3, -0.25) is 9.78 Å². The first-order valence-electron chi connectivity index (χ1n) is 7.52. The maximum Gasteiger partial charge on any atom is 0.278 e. The Labute approximate surface area is 138 Å². The van der Waals surface area contributed by atoms with Gasteiger partial charge in [0.25, 0.3) is 5.91 Å². The lowest BCUT2D eigenvalue weighted by Gasteiger charge is -2.21. The molecule has 0 saturated heterocycles. The Morgan fingerprint density at radius 1 is 1.22 bits per heavy atom. The molecule has 0 spiro atoms. The number of para-hydroxylation sites is 1. The second-order valence-electron chi connectivity index (χ2n) is 5.61. The van der Waals surface area contributed by atoms with Crippen molar-refractivity contribution < 1.29 is 4.79 Å². The summed E-state index contributed by atoms with van der Waals surface area (Å²) >= 11 is 1.45. The van der Waals surface area contributed by atoms with E-state index in [1.165, 1.54) is 16.9 Å². The van der Waals surface area contributed by atoms with Gasteiger partial charge < -0.3 is 4.90 Å². The van der Waals surface area contributed by atoms with Crippen molar-refractivity contribution in [2.24, 2.45) is 0 Å². The van der Waals surface area contributed by atoms with Crippen LogP contribution in [0.2, 0.25) is 0 Å². The van der Waals surface area contributed by atoms with Gasteiger partial charge in [0.1, 0.15) is 10.7 Å². The molecule has 1 aromatic carbocycles. The molecule has 0 saturated carbocycles. The Hall–Kier alpha value is -2.53. The zero-order valence-corrected chi connectivity index (χ0v) is 13.5. The topological polar surface area (TPSA) is 46.1 Å². The molecule has 0 fully saturated rings. The quantitative estimate of drug-likeness (QED) is 0.721. The van der Waals surface area contributed by atoms with Crippen molar-refractivity contribution in [2.45, 2.75) is 19.4 Å². The molecule has 0 aliphatic carbocycles. The largest absolute Gasteiger partial charge is 0.304 e. The summed E-state index contributed by atoms with van der Waals surface area (Å²) in [5, 5.41) is 2.59. The van der Waals surface area contributed by atoms with Crippen LogP contribution in [-0.2, 0) is 6.42 Å². The molecule has 114 valence electrons. The highest BCUT2D eigenvalue weighted by molar-refractivity contribution is 7.13. The lowest BCUT2D eigenvalue weighted by molar-refractivity contribution is 0.0977. The van der Waals surface area contributed by atoms with Gasteiger partial charge in [-0.25, -0.2) is 4.98 Å². The Balaban J connectivity index is 1.67. The minimum Gasteiger partial charge on any atom is -0.304 e. The number of benzene rings is 1. The third-order valence-corrected chi connectivity index (χ3v) is 4.90. The number of hydrogen-bond donors (Lipinski definition) is 0. The highest BCUT2D eigenvalue weighted by atomic mass is 32.1. The third-order valence-electron chi connectivity index (χ3n) is 4.03.